The molecule has 6 rings (SSSR count). The van der Waals surface area contributed by atoms with Crippen LogP contribution >= 0.6 is 11.8 Å². The van der Waals surface area contributed by atoms with Crippen molar-refractivity contribution in [1.82, 2.24) is 19.7 Å². The second-order valence-electron chi connectivity index (χ2n) is 9.22. The number of hydrogen-bond acceptors (Lipinski definition) is 6. The normalized spacial score (nSPS) is 12.8. The van der Waals surface area contributed by atoms with Crippen LogP contribution in [0.4, 0.5) is 0 Å². The summed E-state index contributed by atoms with van der Waals surface area (Å²) in [5.41, 5.74) is 2.65. The van der Waals surface area contributed by atoms with E-state index in [2.05, 4.69) is 10.2 Å². The Labute approximate surface area is 229 Å². The van der Waals surface area contributed by atoms with Crippen LogP contribution in [0.25, 0.3) is 16.5 Å². The highest BCUT2D eigenvalue weighted by molar-refractivity contribution is 7.99. The molecule has 0 saturated heterocycles. The summed E-state index contributed by atoms with van der Waals surface area (Å²) in [7, 11) is 0. The minimum atomic E-state index is -0.274. The van der Waals surface area contributed by atoms with Crippen LogP contribution in [0.2, 0.25) is 0 Å². The van der Waals surface area contributed by atoms with Crippen molar-refractivity contribution in [3.05, 3.63) is 120 Å². The molecular weight excluding hydrogens is 508 g/mol. The molecule has 8 heteroatoms. The monoisotopic (exact) mass is 532 g/mol. The number of benzene rings is 4. The zero-order chi connectivity index (χ0) is 26.8. The van der Waals surface area contributed by atoms with Crippen molar-refractivity contribution in [2.75, 3.05) is 12.3 Å². The first-order valence-corrected chi connectivity index (χ1v) is 13.7. The Morgan fingerprint density at radius 1 is 0.744 bits per heavy atom. The van der Waals surface area contributed by atoms with Gasteiger partial charge in [0.1, 0.15) is 5.82 Å². The molecule has 0 bridgehead atoms. The molecule has 2 amide bonds. The zero-order valence-electron chi connectivity index (χ0n) is 21.0. The van der Waals surface area contributed by atoms with Gasteiger partial charge in [0, 0.05) is 40.7 Å². The van der Waals surface area contributed by atoms with Gasteiger partial charge in [-0.05, 0) is 36.1 Å². The summed E-state index contributed by atoms with van der Waals surface area (Å²) in [4.78, 5) is 40.5. The van der Waals surface area contributed by atoms with Crippen molar-refractivity contribution in [2.24, 2.45) is 0 Å². The number of aromatic nitrogens is 3. The van der Waals surface area contributed by atoms with Crippen LogP contribution in [0.5, 0.6) is 0 Å². The number of aryl methyl sites for hydroxylation is 1. The summed E-state index contributed by atoms with van der Waals surface area (Å²) in [6.45, 7) is 0.263. The molecule has 0 spiro atoms. The fourth-order valence-electron chi connectivity index (χ4n) is 4.91. The van der Waals surface area contributed by atoms with E-state index in [-0.39, 0.29) is 29.9 Å². The SMILES string of the molecule is O=C(CSc1nnc(CCCN2C(=O)c3cccc4cccc(c34)C2=O)n1-c1ccccc1)c1ccccc1. The highest BCUT2D eigenvalue weighted by atomic mass is 32.2. The van der Waals surface area contributed by atoms with Gasteiger partial charge in [0.15, 0.2) is 10.9 Å². The fraction of sp³-hybridized carbons (Fsp3) is 0.129. The van der Waals surface area contributed by atoms with E-state index in [1.54, 1.807) is 24.3 Å². The maximum Gasteiger partial charge on any atom is 0.261 e. The van der Waals surface area contributed by atoms with Crippen LogP contribution in [-0.4, -0.2) is 49.6 Å². The Bertz CT molecular complexity index is 1650. The molecule has 1 aliphatic rings. The average Bonchev–Trinajstić information content (AvgIpc) is 3.39. The van der Waals surface area contributed by atoms with Gasteiger partial charge >= 0.3 is 0 Å². The molecule has 0 aliphatic carbocycles. The number of carbonyl (C=O) groups is 3. The van der Waals surface area contributed by atoms with Gasteiger partial charge in [-0.3, -0.25) is 23.9 Å². The molecule has 1 aromatic heterocycles. The number of carbonyl (C=O) groups excluding carboxylic acids is 3. The standard InChI is InChI=1S/C31H24N4O3S/c36-26(21-10-3-1-4-11-21)20-39-31-33-32-27(35(31)23-14-5-2-6-15-23)18-9-19-34-29(37)24-16-7-12-22-13-8-17-25(28(22)24)30(34)38/h1-8,10-17H,9,18-20H2. The Morgan fingerprint density at radius 3 is 2.05 bits per heavy atom. The van der Waals surface area contributed by atoms with E-state index in [0.717, 1.165) is 16.5 Å². The van der Waals surface area contributed by atoms with Crippen LogP contribution in [0.3, 0.4) is 0 Å². The average molecular weight is 533 g/mol. The van der Waals surface area contributed by atoms with Gasteiger partial charge in [0.05, 0.1) is 5.75 Å². The topological polar surface area (TPSA) is 85.2 Å². The molecule has 1 aliphatic heterocycles. The molecule has 0 N–H and O–H groups in total. The maximum absolute atomic E-state index is 13.3. The molecule has 2 heterocycles. The molecule has 192 valence electrons. The van der Waals surface area contributed by atoms with Gasteiger partial charge in [-0.1, -0.05) is 84.6 Å². The number of thioether (sulfide) groups is 1. The van der Waals surface area contributed by atoms with Crippen molar-refractivity contribution < 1.29 is 14.4 Å². The Hall–Kier alpha value is -4.56. The highest BCUT2D eigenvalue weighted by Crippen LogP contribution is 2.30. The zero-order valence-corrected chi connectivity index (χ0v) is 21.8. The molecule has 39 heavy (non-hydrogen) atoms. The van der Waals surface area contributed by atoms with Crippen LogP contribution in [0.1, 0.15) is 43.3 Å². The smallest absolute Gasteiger partial charge is 0.261 e. The lowest BCUT2D eigenvalue weighted by molar-refractivity contribution is 0.0608. The minimum absolute atomic E-state index is 0.0159. The van der Waals surface area contributed by atoms with Crippen molar-refractivity contribution in [3.63, 3.8) is 0 Å². The number of nitrogens with zero attached hydrogens (tertiary/aromatic N) is 4. The summed E-state index contributed by atoms with van der Waals surface area (Å²) in [6.07, 6.45) is 1.02. The number of para-hydroxylation sites is 1. The second-order valence-corrected chi connectivity index (χ2v) is 10.2. The number of rotatable bonds is 9. The van der Waals surface area contributed by atoms with E-state index < -0.39 is 0 Å². The summed E-state index contributed by atoms with van der Waals surface area (Å²) in [5, 5.41) is 11.0. The van der Waals surface area contributed by atoms with Crippen molar-refractivity contribution in [1.29, 1.82) is 0 Å². The van der Waals surface area contributed by atoms with Gasteiger partial charge in [0.25, 0.3) is 11.8 Å². The highest BCUT2D eigenvalue weighted by Gasteiger charge is 2.32. The van der Waals surface area contributed by atoms with Crippen molar-refractivity contribution >= 4 is 40.1 Å². The molecule has 0 unspecified atom stereocenters. The third kappa shape index (κ3) is 4.75. The summed E-state index contributed by atoms with van der Waals surface area (Å²) < 4.78 is 1.94. The number of Topliss-reactive ketones (excluding diaryl/α,β-unsaturated/α-hetero) is 1. The minimum Gasteiger partial charge on any atom is -0.293 e. The van der Waals surface area contributed by atoms with Crippen molar-refractivity contribution in [3.8, 4) is 5.69 Å². The molecule has 4 aromatic carbocycles. The third-order valence-corrected chi connectivity index (χ3v) is 7.71. The summed E-state index contributed by atoms with van der Waals surface area (Å²) in [6, 6.07) is 30.0. The predicted octanol–water partition coefficient (Wildman–Crippen LogP) is 5.62. The number of imide groups is 1. The third-order valence-electron chi connectivity index (χ3n) is 6.78. The molecule has 0 fully saturated rings. The molecule has 7 nitrogen and oxygen atoms in total. The van der Waals surface area contributed by atoms with Crippen molar-refractivity contribution in [2.45, 2.75) is 18.0 Å². The van der Waals surface area contributed by atoms with Crippen LogP contribution < -0.4 is 0 Å². The van der Waals surface area contributed by atoms with Gasteiger partial charge in [-0.15, -0.1) is 10.2 Å². The van der Waals surface area contributed by atoms with Crippen LogP contribution in [0, 0.1) is 0 Å². The van der Waals surface area contributed by atoms with E-state index in [9.17, 15) is 14.4 Å². The second kappa shape index (κ2) is 10.7. The van der Waals surface area contributed by atoms with Gasteiger partial charge in [-0.25, -0.2) is 0 Å². The first kappa shape index (κ1) is 24.8. The summed E-state index contributed by atoms with van der Waals surface area (Å²) >= 11 is 1.34. The molecule has 0 atom stereocenters. The maximum atomic E-state index is 13.3. The quantitative estimate of drug-likeness (QED) is 0.139. The van der Waals surface area contributed by atoms with E-state index in [1.807, 2.05) is 77.4 Å². The van der Waals surface area contributed by atoms with E-state index in [4.69, 9.17) is 0 Å². The van der Waals surface area contributed by atoms with E-state index in [0.29, 0.717) is 40.5 Å². The number of ketones is 1. The van der Waals surface area contributed by atoms with Crippen LogP contribution in [-0.2, 0) is 6.42 Å². The van der Waals surface area contributed by atoms with Crippen LogP contribution in [0.15, 0.2) is 102 Å². The number of hydrogen-bond donors (Lipinski definition) is 0. The molecule has 0 radical (unpaired) electrons. The van der Waals surface area contributed by atoms with Gasteiger partial charge in [-0.2, -0.15) is 0 Å². The largest absolute Gasteiger partial charge is 0.293 e. The first-order valence-electron chi connectivity index (χ1n) is 12.7. The van der Waals surface area contributed by atoms with Gasteiger partial charge < -0.3 is 0 Å². The predicted molar refractivity (Wildman–Crippen MR) is 150 cm³/mol. The lowest BCUT2D eigenvalue weighted by Crippen LogP contribution is -2.41. The molecular formula is C31H24N4O3S. The fourth-order valence-corrected chi connectivity index (χ4v) is 5.77. The Balaban J connectivity index is 1.20. The Morgan fingerprint density at radius 2 is 1.38 bits per heavy atom. The molecule has 0 saturated carbocycles. The summed E-state index contributed by atoms with van der Waals surface area (Å²) in [5.74, 6) is 0.405. The Kier molecular flexibility index (Phi) is 6.77. The first-order chi connectivity index (χ1) is 19.1. The van der Waals surface area contributed by atoms with E-state index >= 15 is 0 Å². The lowest BCUT2D eigenvalue weighted by Gasteiger charge is -2.27. The van der Waals surface area contributed by atoms with Gasteiger partial charge in [0.2, 0.25) is 0 Å². The number of amides is 2. The lowest BCUT2D eigenvalue weighted by atomic mass is 9.94. The molecule has 5 aromatic rings. The van der Waals surface area contributed by atoms with E-state index in [1.165, 1.54) is 16.7 Å².